The molecule has 0 spiro atoms. The maximum absolute atomic E-state index is 11.3. The summed E-state index contributed by atoms with van der Waals surface area (Å²) in [6, 6.07) is 0. The number of rotatable bonds is 6. The highest BCUT2D eigenvalue weighted by molar-refractivity contribution is 7.86. The van der Waals surface area contributed by atoms with E-state index >= 15 is 0 Å². The molecule has 0 bridgehead atoms. The van der Waals surface area contributed by atoms with Gasteiger partial charge in [-0.1, -0.05) is 0 Å². The fourth-order valence-corrected chi connectivity index (χ4v) is 3.70. The summed E-state index contributed by atoms with van der Waals surface area (Å²) in [6.45, 7) is 4.79. The number of ether oxygens (including phenoxy) is 2. The molecule has 2 aliphatic rings. The van der Waals surface area contributed by atoms with Crippen LogP contribution in [-0.2, 0) is 19.7 Å². The number of likely N-dealkylation sites (tertiary alicyclic amines) is 1. The number of hydrogen-bond acceptors (Lipinski definition) is 5. The molecule has 2 heterocycles. The van der Waals surface area contributed by atoms with Gasteiger partial charge in [-0.3, -0.25) is 0 Å². The SMILES string of the molecule is COCCN1CCC(OC2CCN(S(N)(=O)=O)CC2)CC1. The second-order valence-corrected chi connectivity index (χ2v) is 7.36. The molecular formula is C13H27N3O4S. The first-order chi connectivity index (χ1) is 9.99. The Morgan fingerprint density at radius 3 is 2.05 bits per heavy atom. The van der Waals surface area contributed by atoms with Crippen LogP contribution in [0.25, 0.3) is 0 Å². The van der Waals surface area contributed by atoms with Crippen molar-refractivity contribution in [2.24, 2.45) is 5.14 Å². The lowest BCUT2D eigenvalue weighted by molar-refractivity contribution is -0.0600. The summed E-state index contributed by atoms with van der Waals surface area (Å²) < 4.78 is 35.1. The summed E-state index contributed by atoms with van der Waals surface area (Å²) in [5, 5.41) is 5.14. The number of nitrogens with zero attached hydrogens (tertiary/aromatic N) is 2. The van der Waals surface area contributed by atoms with Crippen LogP contribution in [0.15, 0.2) is 0 Å². The zero-order valence-electron chi connectivity index (χ0n) is 12.7. The lowest BCUT2D eigenvalue weighted by Crippen LogP contribution is -2.46. The minimum atomic E-state index is -3.54. The molecule has 7 nitrogen and oxygen atoms in total. The largest absolute Gasteiger partial charge is 0.383 e. The third-order valence-corrected chi connectivity index (χ3v) is 5.38. The van der Waals surface area contributed by atoms with Crippen LogP contribution in [0.5, 0.6) is 0 Å². The Bertz CT molecular complexity index is 402. The van der Waals surface area contributed by atoms with E-state index in [1.165, 1.54) is 4.31 Å². The fraction of sp³-hybridized carbons (Fsp3) is 1.00. The van der Waals surface area contributed by atoms with Gasteiger partial charge in [-0.15, -0.1) is 0 Å². The van der Waals surface area contributed by atoms with E-state index in [2.05, 4.69) is 4.90 Å². The van der Waals surface area contributed by atoms with Gasteiger partial charge in [0.05, 0.1) is 18.8 Å². The van der Waals surface area contributed by atoms with Crippen molar-refractivity contribution in [3.05, 3.63) is 0 Å². The summed E-state index contributed by atoms with van der Waals surface area (Å²) >= 11 is 0. The molecule has 2 saturated heterocycles. The second kappa shape index (κ2) is 7.85. The molecule has 0 atom stereocenters. The van der Waals surface area contributed by atoms with Gasteiger partial charge in [0.25, 0.3) is 10.2 Å². The molecule has 21 heavy (non-hydrogen) atoms. The van der Waals surface area contributed by atoms with Crippen LogP contribution in [0.4, 0.5) is 0 Å². The van der Waals surface area contributed by atoms with Crippen LogP contribution in [0.1, 0.15) is 25.7 Å². The molecule has 0 amide bonds. The standard InChI is InChI=1S/C13H27N3O4S/c1-19-11-10-15-6-2-12(3-7-15)20-13-4-8-16(9-5-13)21(14,17)18/h12-13H,2-11H2,1H3,(H2,14,17,18). The topological polar surface area (TPSA) is 85.1 Å². The van der Waals surface area contributed by atoms with Crippen LogP contribution >= 0.6 is 0 Å². The Kier molecular flexibility index (Phi) is 6.39. The van der Waals surface area contributed by atoms with Crippen LogP contribution in [0, 0.1) is 0 Å². The zero-order valence-corrected chi connectivity index (χ0v) is 13.6. The first kappa shape index (κ1) is 17.1. The van der Waals surface area contributed by atoms with Crippen molar-refractivity contribution in [3.8, 4) is 0 Å². The Balaban J connectivity index is 1.66. The van der Waals surface area contributed by atoms with Crippen molar-refractivity contribution < 1.29 is 17.9 Å². The zero-order chi connectivity index (χ0) is 15.3. The summed E-state index contributed by atoms with van der Waals surface area (Å²) in [7, 11) is -1.81. The third kappa shape index (κ3) is 5.46. The van der Waals surface area contributed by atoms with Gasteiger partial charge < -0.3 is 14.4 Å². The molecular weight excluding hydrogens is 294 g/mol. The van der Waals surface area contributed by atoms with Crippen molar-refractivity contribution in [1.29, 1.82) is 0 Å². The molecule has 2 rings (SSSR count). The number of nitrogens with two attached hydrogens (primary N) is 1. The fourth-order valence-electron chi connectivity index (χ4n) is 2.98. The van der Waals surface area contributed by atoms with Crippen LogP contribution < -0.4 is 5.14 Å². The highest BCUT2D eigenvalue weighted by Crippen LogP contribution is 2.21. The van der Waals surface area contributed by atoms with E-state index in [4.69, 9.17) is 14.6 Å². The first-order valence-electron chi connectivity index (χ1n) is 7.63. The lowest BCUT2D eigenvalue weighted by atomic mass is 10.1. The molecule has 8 heteroatoms. The van der Waals surface area contributed by atoms with E-state index in [1.807, 2.05) is 0 Å². The van der Waals surface area contributed by atoms with Gasteiger partial charge in [-0.25, -0.2) is 5.14 Å². The van der Waals surface area contributed by atoms with Gasteiger partial charge in [0.2, 0.25) is 0 Å². The Morgan fingerprint density at radius 2 is 1.57 bits per heavy atom. The smallest absolute Gasteiger partial charge is 0.276 e. The van der Waals surface area contributed by atoms with Gasteiger partial charge in [0.15, 0.2) is 0 Å². The van der Waals surface area contributed by atoms with Gasteiger partial charge in [-0.05, 0) is 25.7 Å². The Labute approximate surface area is 127 Å². The monoisotopic (exact) mass is 321 g/mol. The summed E-state index contributed by atoms with van der Waals surface area (Å²) in [5.41, 5.74) is 0. The van der Waals surface area contributed by atoms with Crippen molar-refractivity contribution in [2.45, 2.75) is 37.9 Å². The molecule has 2 N–H and O–H groups in total. The Morgan fingerprint density at radius 1 is 1.05 bits per heavy atom. The predicted octanol–water partition coefficient (Wildman–Crippen LogP) is -0.218. The number of piperidine rings is 2. The van der Waals surface area contributed by atoms with Crippen molar-refractivity contribution in [1.82, 2.24) is 9.21 Å². The number of hydrogen-bond donors (Lipinski definition) is 1. The third-order valence-electron chi connectivity index (χ3n) is 4.29. The molecule has 0 aliphatic carbocycles. The molecule has 0 radical (unpaired) electrons. The highest BCUT2D eigenvalue weighted by Gasteiger charge is 2.28. The minimum absolute atomic E-state index is 0.165. The van der Waals surface area contributed by atoms with Crippen LogP contribution in [0.2, 0.25) is 0 Å². The van der Waals surface area contributed by atoms with Crippen molar-refractivity contribution >= 4 is 10.2 Å². The molecule has 0 aromatic rings. The van der Waals surface area contributed by atoms with E-state index in [9.17, 15) is 8.42 Å². The first-order valence-corrected chi connectivity index (χ1v) is 9.14. The van der Waals surface area contributed by atoms with E-state index in [1.54, 1.807) is 7.11 Å². The van der Waals surface area contributed by atoms with Gasteiger partial charge in [0, 0.05) is 39.8 Å². The number of methoxy groups -OCH3 is 1. The van der Waals surface area contributed by atoms with Gasteiger partial charge in [-0.2, -0.15) is 12.7 Å². The average Bonchev–Trinajstić information content (AvgIpc) is 2.46. The lowest BCUT2D eigenvalue weighted by Gasteiger charge is -2.36. The molecule has 0 unspecified atom stereocenters. The molecule has 2 aliphatic heterocycles. The molecule has 0 aromatic heterocycles. The van der Waals surface area contributed by atoms with Gasteiger partial charge >= 0.3 is 0 Å². The normalized spacial score (nSPS) is 24.5. The van der Waals surface area contributed by atoms with E-state index in [0.29, 0.717) is 19.2 Å². The highest BCUT2D eigenvalue weighted by atomic mass is 32.2. The van der Waals surface area contributed by atoms with E-state index in [0.717, 1.165) is 51.9 Å². The minimum Gasteiger partial charge on any atom is -0.383 e. The molecule has 124 valence electrons. The summed E-state index contributed by atoms with van der Waals surface area (Å²) in [6.07, 6.45) is 4.02. The molecule has 0 saturated carbocycles. The van der Waals surface area contributed by atoms with Gasteiger partial charge in [0.1, 0.15) is 0 Å². The van der Waals surface area contributed by atoms with Crippen LogP contribution in [0.3, 0.4) is 0 Å². The second-order valence-electron chi connectivity index (χ2n) is 5.81. The predicted molar refractivity (Wildman–Crippen MR) is 80.1 cm³/mol. The van der Waals surface area contributed by atoms with E-state index < -0.39 is 10.2 Å². The average molecular weight is 321 g/mol. The summed E-state index contributed by atoms with van der Waals surface area (Å²) in [5.74, 6) is 0. The van der Waals surface area contributed by atoms with Crippen molar-refractivity contribution in [3.63, 3.8) is 0 Å². The Hall–Kier alpha value is -0.250. The van der Waals surface area contributed by atoms with Crippen LogP contribution in [-0.4, -0.2) is 76.3 Å². The van der Waals surface area contributed by atoms with Crippen molar-refractivity contribution in [2.75, 3.05) is 46.4 Å². The summed E-state index contributed by atoms with van der Waals surface area (Å²) in [4.78, 5) is 2.40. The maximum Gasteiger partial charge on any atom is 0.276 e. The molecule has 0 aromatic carbocycles. The molecule has 2 fully saturated rings. The van der Waals surface area contributed by atoms with E-state index in [-0.39, 0.29) is 6.10 Å². The maximum atomic E-state index is 11.3. The quantitative estimate of drug-likeness (QED) is 0.731.